The molecule has 4 rings (SSSR count). The van der Waals surface area contributed by atoms with Crippen molar-refractivity contribution in [1.29, 1.82) is 0 Å². The van der Waals surface area contributed by atoms with Gasteiger partial charge in [-0.3, -0.25) is 9.78 Å². The molecule has 1 atom stereocenters. The zero-order valence-electron chi connectivity index (χ0n) is 14.6. The monoisotopic (exact) mass is 348 g/mol. The van der Waals surface area contributed by atoms with Crippen molar-refractivity contribution >= 4 is 5.91 Å². The van der Waals surface area contributed by atoms with Gasteiger partial charge in [-0.1, -0.05) is 36.4 Å². The van der Waals surface area contributed by atoms with Crippen LogP contribution in [0.1, 0.15) is 40.7 Å². The number of carbonyl (C=O) groups excluding carboxylic acids is 1. The van der Waals surface area contributed by atoms with Crippen molar-refractivity contribution in [3.05, 3.63) is 70.8 Å². The molecule has 0 saturated heterocycles. The number of nitrogens with one attached hydrogen (secondary N) is 1. The molecule has 7 nitrogen and oxygen atoms in total. The van der Waals surface area contributed by atoms with Crippen molar-refractivity contribution in [2.75, 3.05) is 0 Å². The van der Waals surface area contributed by atoms with Crippen molar-refractivity contribution in [2.24, 2.45) is 0 Å². The Morgan fingerprint density at radius 1 is 1.27 bits per heavy atom. The number of rotatable bonds is 5. The standard InChI is InChI=1S/C19H20N6O/c1-13-22-23-24-25(13)18(15-6-3-2-4-7-15)19(26)21-12-14-10-16-8-5-9-17(16)20-11-14/h2-4,6-7,10-11,18H,5,8-9,12H2,1H3,(H,21,26)/t18-/m0/s1. The zero-order chi connectivity index (χ0) is 17.9. The molecule has 2 aromatic heterocycles. The van der Waals surface area contributed by atoms with Crippen molar-refractivity contribution in [2.45, 2.75) is 38.8 Å². The number of hydrogen-bond acceptors (Lipinski definition) is 5. The second kappa shape index (κ2) is 7.03. The molecule has 132 valence electrons. The first-order chi connectivity index (χ1) is 12.7. The summed E-state index contributed by atoms with van der Waals surface area (Å²) in [6, 6.07) is 11.1. The minimum Gasteiger partial charge on any atom is -0.350 e. The second-order valence-electron chi connectivity index (χ2n) is 6.50. The van der Waals surface area contributed by atoms with E-state index in [1.54, 1.807) is 11.6 Å². The first kappa shape index (κ1) is 16.4. The molecular weight excluding hydrogens is 328 g/mol. The van der Waals surface area contributed by atoms with E-state index in [0.29, 0.717) is 12.4 Å². The lowest BCUT2D eigenvalue weighted by molar-refractivity contribution is -0.123. The van der Waals surface area contributed by atoms with Gasteiger partial charge in [-0.25, -0.2) is 4.68 Å². The molecule has 3 aromatic rings. The molecule has 1 aromatic carbocycles. The van der Waals surface area contributed by atoms with E-state index >= 15 is 0 Å². The molecule has 7 heteroatoms. The van der Waals surface area contributed by atoms with Crippen LogP contribution < -0.4 is 5.32 Å². The van der Waals surface area contributed by atoms with E-state index in [1.807, 2.05) is 36.5 Å². The van der Waals surface area contributed by atoms with Gasteiger partial charge in [0.1, 0.15) is 5.82 Å². The maximum atomic E-state index is 13.0. The Morgan fingerprint density at radius 3 is 2.88 bits per heavy atom. The molecule has 1 N–H and O–H groups in total. The number of nitrogens with zero attached hydrogens (tertiary/aromatic N) is 5. The van der Waals surface area contributed by atoms with Gasteiger partial charge in [0.05, 0.1) is 0 Å². The number of carbonyl (C=O) groups is 1. The lowest BCUT2D eigenvalue weighted by Gasteiger charge is -2.18. The molecule has 0 aliphatic heterocycles. The van der Waals surface area contributed by atoms with Crippen LogP contribution in [0.3, 0.4) is 0 Å². The molecule has 26 heavy (non-hydrogen) atoms. The van der Waals surface area contributed by atoms with E-state index in [9.17, 15) is 4.79 Å². The molecule has 2 heterocycles. The fourth-order valence-electron chi connectivity index (χ4n) is 3.37. The summed E-state index contributed by atoms with van der Waals surface area (Å²) >= 11 is 0. The molecule has 0 bridgehead atoms. The molecule has 0 saturated carbocycles. The van der Waals surface area contributed by atoms with E-state index in [4.69, 9.17) is 0 Å². The number of pyridine rings is 1. The van der Waals surface area contributed by atoms with Crippen LogP contribution in [0.2, 0.25) is 0 Å². The van der Waals surface area contributed by atoms with Crippen LogP contribution >= 0.6 is 0 Å². The minimum absolute atomic E-state index is 0.146. The first-order valence-electron chi connectivity index (χ1n) is 8.76. The van der Waals surface area contributed by atoms with Crippen LogP contribution in [0.25, 0.3) is 0 Å². The molecular formula is C19H20N6O. The molecule has 1 aliphatic rings. The van der Waals surface area contributed by atoms with Crippen molar-refractivity contribution < 1.29 is 4.79 Å². The number of fused-ring (bicyclic) bond motifs is 1. The highest BCUT2D eigenvalue weighted by Gasteiger charge is 2.25. The van der Waals surface area contributed by atoms with Gasteiger partial charge in [-0.2, -0.15) is 0 Å². The quantitative estimate of drug-likeness (QED) is 0.759. The number of aromatic nitrogens is 5. The Morgan fingerprint density at radius 2 is 2.12 bits per heavy atom. The maximum Gasteiger partial charge on any atom is 0.249 e. The van der Waals surface area contributed by atoms with E-state index in [1.165, 1.54) is 11.3 Å². The Labute approximate surface area is 151 Å². The van der Waals surface area contributed by atoms with Gasteiger partial charge in [0, 0.05) is 18.4 Å². The largest absolute Gasteiger partial charge is 0.350 e. The molecule has 1 amide bonds. The molecule has 0 radical (unpaired) electrons. The number of amides is 1. The third-order valence-corrected chi connectivity index (χ3v) is 4.71. The lowest BCUT2D eigenvalue weighted by Crippen LogP contribution is -2.34. The Balaban J connectivity index is 1.54. The summed E-state index contributed by atoms with van der Waals surface area (Å²) in [5, 5.41) is 14.6. The van der Waals surface area contributed by atoms with Crippen LogP contribution in [0.15, 0.2) is 42.6 Å². The average molecular weight is 348 g/mol. The summed E-state index contributed by atoms with van der Waals surface area (Å²) < 4.78 is 1.55. The molecule has 0 unspecified atom stereocenters. The number of tetrazole rings is 1. The Hall–Kier alpha value is -3.09. The number of benzene rings is 1. The summed E-state index contributed by atoms with van der Waals surface area (Å²) in [5.74, 6) is 0.445. The second-order valence-corrected chi connectivity index (χ2v) is 6.50. The number of hydrogen-bond donors (Lipinski definition) is 1. The van der Waals surface area contributed by atoms with Gasteiger partial charge < -0.3 is 5.32 Å². The normalized spacial score (nSPS) is 14.0. The van der Waals surface area contributed by atoms with Crippen LogP contribution in [-0.2, 0) is 24.2 Å². The summed E-state index contributed by atoms with van der Waals surface area (Å²) in [5.41, 5.74) is 4.34. The molecule has 1 aliphatic carbocycles. The maximum absolute atomic E-state index is 13.0. The van der Waals surface area contributed by atoms with Crippen molar-refractivity contribution in [3.63, 3.8) is 0 Å². The minimum atomic E-state index is -0.603. The Bertz CT molecular complexity index is 921. The Kier molecular flexibility index (Phi) is 4.43. The van der Waals surface area contributed by atoms with Gasteiger partial charge in [0.25, 0.3) is 0 Å². The van der Waals surface area contributed by atoms with Gasteiger partial charge in [0.2, 0.25) is 5.91 Å². The third-order valence-electron chi connectivity index (χ3n) is 4.71. The topological polar surface area (TPSA) is 85.6 Å². The third kappa shape index (κ3) is 3.20. The summed E-state index contributed by atoms with van der Waals surface area (Å²) in [6.45, 7) is 2.22. The predicted octanol–water partition coefficient (Wildman–Crippen LogP) is 1.77. The summed E-state index contributed by atoms with van der Waals surface area (Å²) in [4.78, 5) is 17.5. The van der Waals surface area contributed by atoms with Crippen LogP contribution in [0, 0.1) is 6.92 Å². The van der Waals surface area contributed by atoms with Gasteiger partial charge in [-0.05, 0) is 53.3 Å². The fourth-order valence-corrected chi connectivity index (χ4v) is 3.37. The lowest BCUT2D eigenvalue weighted by atomic mass is 10.1. The predicted molar refractivity (Wildman–Crippen MR) is 95.2 cm³/mol. The fraction of sp³-hybridized carbons (Fsp3) is 0.316. The van der Waals surface area contributed by atoms with Crippen molar-refractivity contribution in [1.82, 2.24) is 30.5 Å². The number of aryl methyl sites for hydroxylation is 3. The average Bonchev–Trinajstić information content (AvgIpc) is 3.30. The first-order valence-corrected chi connectivity index (χ1v) is 8.76. The molecule has 0 fully saturated rings. The van der Waals surface area contributed by atoms with Crippen LogP contribution in [0.5, 0.6) is 0 Å². The van der Waals surface area contributed by atoms with Crippen LogP contribution in [-0.4, -0.2) is 31.1 Å². The van der Waals surface area contributed by atoms with Gasteiger partial charge in [-0.15, -0.1) is 5.10 Å². The van der Waals surface area contributed by atoms with E-state index in [2.05, 4.69) is 31.9 Å². The van der Waals surface area contributed by atoms with Gasteiger partial charge >= 0.3 is 0 Å². The smallest absolute Gasteiger partial charge is 0.249 e. The van der Waals surface area contributed by atoms with Crippen LogP contribution in [0.4, 0.5) is 0 Å². The highest BCUT2D eigenvalue weighted by Crippen LogP contribution is 2.21. The highest BCUT2D eigenvalue weighted by atomic mass is 16.2. The highest BCUT2D eigenvalue weighted by molar-refractivity contribution is 5.83. The zero-order valence-corrected chi connectivity index (χ0v) is 14.6. The van der Waals surface area contributed by atoms with Gasteiger partial charge in [0.15, 0.2) is 6.04 Å². The van der Waals surface area contributed by atoms with E-state index in [-0.39, 0.29) is 5.91 Å². The SMILES string of the molecule is Cc1nnnn1[C@H](C(=O)NCc1cnc2c(c1)CCC2)c1ccccc1. The summed E-state index contributed by atoms with van der Waals surface area (Å²) in [7, 11) is 0. The van der Waals surface area contributed by atoms with Crippen molar-refractivity contribution in [3.8, 4) is 0 Å². The van der Waals surface area contributed by atoms with E-state index < -0.39 is 6.04 Å². The molecule has 0 spiro atoms. The van der Waals surface area contributed by atoms with E-state index in [0.717, 1.165) is 30.4 Å². The summed E-state index contributed by atoms with van der Waals surface area (Å²) in [6.07, 6.45) is 5.13.